The number of rotatable bonds is 27. The summed E-state index contributed by atoms with van der Waals surface area (Å²) in [5.41, 5.74) is 0. The van der Waals surface area contributed by atoms with Gasteiger partial charge in [0.1, 0.15) is 220 Å². The predicted molar refractivity (Wildman–Crippen MR) is 320 cm³/mol. The van der Waals surface area contributed by atoms with Gasteiger partial charge in [0.2, 0.25) is 11.8 Å². The average Bonchev–Trinajstić information content (AvgIpc) is 0.771. The molecule has 9 saturated heterocycles. The molecule has 0 aromatic carbocycles. The number of hydrogen-bond donors (Lipinski definition) is 29. The molecule has 9 heterocycles. The minimum atomic E-state index is -2.58. The van der Waals surface area contributed by atoms with Gasteiger partial charge in [0.05, 0.1) is 59.5 Å². The zero-order chi connectivity index (χ0) is 77.9. The number of hydrogen-bond acceptors (Lipinski definition) is 46. The fourth-order valence-electron chi connectivity index (χ4n) is 13.5. The lowest BCUT2D eigenvalue weighted by Gasteiger charge is -2.51. The van der Waals surface area contributed by atoms with Crippen LogP contribution in [0.3, 0.4) is 0 Å². The smallest absolute Gasteiger partial charge is 0.217 e. The summed E-state index contributed by atoms with van der Waals surface area (Å²) >= 11 is 0. The molecular weight excluding hydrogens is 1460 g/mol. The Morgan fingerprint density at radius 3 is 0.925 bits per heavy atom. The monoisotopic (exact) mass is 1560 g/mol. The lowest BCUT2D eigenvalue weighted by atomic mass is 9.94. The number of ether oxygens (including phenoxy) is 17. The largest absolute Gasteiger partial charge is 0.394 e. The van der Waals surface area contributed by atoms with E-state index in [1.165, 1.54) is 0 Å². The molecule has 48 nitrogen and oxygen atoms in total. The highest BCUT2D eigenvalue weighted by Gasteiger charge is 2.60. The third-order valence-electron chi connectivity index (χ3n) is 19.5. The molecule has 0 aromatic rings. The highest BCUT2D eigenvalue weighted by Crippen LogP contribution is 2.40. The Kier molecular flexibility index (Phi) is 31.1. The van der Waals surface area contributed by atoms with E-state index in [0.717, 1.165) is 13.8 Å². The maximum atomic E-state index is 12.9. The second-order valence-electron chi connectivity index (χ2n) is 26.7. The zero-order valence-electron chi connectivity index (χ0n) is 56.2. The van der Waals surface area contributed by atoms with Crippen molar-refractivity contribution in [2.75, 3.05) is 59.5 Å². The third-order valence-corrected chi connectivity index (χ3v) is 19.5. The molecule has 616 valence electrons. The quantitative estimate of drug-likeness (QED) is 0.0363. The fraction of sp³-hybridized carbons (Fsp3) is 0.966. The van der Waals surface area contributed by atoms with Crippen molar-refractivity contribution in [3.05, 3.63) is 0 Å². The summed E-state index contributed by atoms with van der Waals surface area (Å²) in [4.78, 5) is 25.1. The third kappa shape index (κ3) is 18.7. The molecule has 9 rings (SSSR count). The van der Waals surface area contributed by atoms with Crippen molar-refractivity contribution in [1.82, 2.24) is 10.6 Å². The number of aliphatic hydroxyl groups excluding tert-OH is 27. The van der Waals surface area contributed by atoms with Crippen molar-refractivity contribution >= 4 is 11.8 Å². The first-order valence-corrected chi connectivity index (χ1v) is 33.7. The van der Waals surface area contributed by atoms with Crippen LogP contribution in [0.15, 0.2) is 0 Å². The van der Waals surface area contributed by atoms with E-state index in [0.29, 0.717) is 0 Å². The van der Waals surface area contributed by atoms with E-state index >= 15 is 0 Å². The van der Waals surface area contributed by atoms with Crippen LogP contribution < -0.4 is 10.6 Å². The van der Waals surface area contributed by atoms with Gasteiger partial charge in [0.25, 0.3) is 0 Å². The summed E-state index contributed by atoms with van der Waals surface area (Å²) in [7, 11) is 0. The highest BCUT2D eigenvalue weighted by atomic mass is 16.8. The van der Waals surface area contributed by atoms with Crippen LogP contribution in [0.4, 0.5) is 0 Å². The summed E-state index contributed by atoms with van der Waals surface area (Å²) in [6.45, 7) is -7.74. The van der Waals surface area contributed by atoms with Crippen LogP contribution in [0, 0.1) is 0 Å². The van der Waals surface area contributed by atoms with E-state index in [2.05, 4.69) is 10.6 Å². The fourth-order valence-corrected chi connectivity index (χ4v) is 13.5. The average molecular weight is 1560 g/mol. The van der Waals surface area contributed by atoms with Crippen molar-refractivity contribution < 1.29 is 228 Å². The van der Waals surface area contributed by atoms with Gasteiger partial charge in [0, 0.05) is 13.8 Å². The van der Waals surface area contributed by atoms with Crippen LogP contribution in [0.2, 0.25) is 0 Å². The van der Waals surface area contributed by atoms with Crippen molar-refractivity contribution in [1.29, 1.82) is 0 Å². The van der Waals surface area contributed by atoms with E-state index in [1.54, 1.807) is 0 Å². The molecule has 106 heavy (non-hydrogen) atoms. The first-order valence-electron chi connectivity index (χ1n) is 33.7. The van der Waals surface area contributed by atoms with Gasteiger partial charge in [-0.3, -0.25) is 9.59 Å². The molecule has 0 aromatic heterocycles. The molecule has 48 heteroatoms. The number of nitrogens with one attached hydrogen (secondary N) is 2. The molecule has 0 aliphatic carbocycles. The van der Waals surface area contributed by atoms with Gasteiger partial charge in [-0.15, -0.1) is 0 Å². The zero-order valence-corrected chi connectivity index (χ0v) is 56.2. The Morgan fingerprint density at radius 1 is 0.245 bits per heavy atom. The molecule has 45 atom stereocenters. The summed E-state index contributed by atoms with van der Waals surface area (Å²) in [5, 5.41) is 301. The summed E-state index contributed by atoms with van der Waals surface area (Å²) < 4.78 is 98.9. The van der Waals surface area contributed by atoms with E-state index in [-0.39, 0.29) is 0 Å². The minimum absolute atomic E-state index is 0.788. The van der Waals surface area contributed by atoms with Crippen molar-refractivity contribution in [3.63, 3.8) is 0 Å². The maximum Gasteiger partial charge on any atom is 0.217 e. The second kappa shape index (κ2) is 37.9. The Bertz CT molecular complexity index is 2710. The number of carbonyl (C=O) groups is 2. The molecule has 29 N–H and O–H groups in total. The molecule has 0 unspecified atom stereocenters. The molecule has 0 radical (unpaired) electrons. The summed E-state index contributed by atoms with van der Waals surface area (Å²) in [6.07, 6.45) is -90.8. The summed E-state index contributed by atoms with van der Waals surface area (Å²) in [5.74, 6) is -1.73. The van der Waals surface area contributed by atoms with Gasteiger partial charge in [-0.1, -0.05) is 0 Å². The van der Waals surface area contributed by atoms with E-state index in [1.807, 2.05) is 0 Å². The van der Waals surface area contributed by atoms with Crippen LogP contribution in [0.1, 0.15) is 13.8 Å². The molecule has 9 fully saturated rings. The van der Waals surface area contributed by atoms with Crippen LogP contribution in [-0.2, 0) is 90.1 Å². The lowest BCUT2D eigenvalue weighted by molar-refractivity contribution is -0.408. The topological polar surface area (TPSA) is 761 Å². The highest BCUT2D eigenvalue weighted by molar-refractivity contribution is 5.73. The Morgan fingerprint density at radius 2 is 0.509 bits per heavy atom. The molecule has 9 aliphatic rings. The van der Waals surface area contributed by atoms with Crippen LogP contribution in [-0.4, -0.2) is 485 Å². The minimum Gasteiger partial charge on any atom is -0.394 e. The van der Waals surface area contributed by atoms with E-state index in [4.69, 9.17) is 80.5 Å². The maximum absolute atomic E-state index is 12.9. The Balaban J connectivity index is 1.06. The number of amides is 2. The first-order chi connectivity index (χ1) is 50.2. The van der Waals surface area contributed by atoms with Crippen LogP contribution in [0.25, 0.3) is 0 Å². The predicted octanol–water partition coefficient (Wildman–Crippen LogP) is -20.3. The number of carbonyl (C=O) groups excluding carboxylic acids is 2. The second-order valence-corrected chi connectivity index (χ2v) is 26.7. The molecular formula is C58H98N2O46. The molecule has 0 spiro atoms. The van der Waals surface area contributed by atoms with Gasteiger partial charge < -0.3 is 229 Å². The van der Waals surface area contributed by atoms with Crippen LogP contribution in [0.5, 0.6) is 0 Å². The summed E-state index contributed by atoms with van der Waals surface area (Å²) in [6, 6.07) is -3.57. The normalized spacial score (nSPS) is 51.2. The van der Waals surface area contributed by atoms with E-state index in [9.17, 15) is 147 Å². The number of aliphatic hydroxyl groups is 27. The van der Waals surface area contributed by atoms with Gasteiger partial charge in [-0.25, -0.2) is 0 Å². The van der Waals surface area contributed by atoms with Gasteiger partial charge >= 0.3 is 0 Å². The standard InChI is InChI=1S/C58H98N2O46/c1-12(68)59-23-32(77)44(19(8-66)92-50(23)89)101-51-24(60-13(2)69)33(78)45(20(9-67)98-51)102-56-43(88)47(104-57-49(38(83)29(74)17(6-64)96-57)106-58-48(37(82)28(73)18(7-65)97-58)105-55-41(86)36(81)27(72)16(5-63)95-55)31(76)22(100-56)11-91-53-42(87)46(103-54-40(85)35(80)26(71)15(4-62)94-54)30(75)21(99-53)10-90-52-39(84)34(79)25(70)14(3-61)93-52/h14-58,61-67,70-89H,3-11H2,1-2H3,(H,59,68)(H,60,69)/t14-,15-,16-,17-,18-,19-,20-,21-,22-,23-,24-,25-,26-,27-,28-,29-,30-,31-,32-,33-,34+,35+,36+,37+,38+,39+,40+,41+,42+,43+,44-,45-,46+,47+,48+,49+,50+,51+,52+,53+,54-,55-,56+,57-,58-/m1/s1. The van der Waals surface area contributed by atoms with Crippen LogP contribution >= 0.6 is 0 Å². The van der Waals surface area contributed by atoms with E-state index < -0.39 is 348 Å². The molecule has 0 saturated carbocycles. The van der Waals surface area contributed by atoms with Gasteiger partial charge in [0.15, 0.2) is 56.6 Å². The van der Waals surface area contributed by atoms with Crippen molar-refractivity contribution in [3.8, 4) is 0 Å². The Hall–Kier alpha value is -2.82. The SMILES string of the molecule is CC(=O)N[C@@H]1[C@@H](O)[C@H](O[C@@H]2O[C@H](CO)[C@@H](O[C@@H]3O[C@H](CO[C@H]4O[C@H](CO[C@H]5O[C@H](CO)[C@@H](O)[C@H](O)[C@@H]5O)[C@@H](O)[C@H](O[C@H]5O[C@H](CO)[C@@H](O)[C@H](O)[C@@H]5O)[C@@H]4O)[C@@H](O)[C@H](O[C@H]4O[C@H](CO)[C@@H](O)[C@H](O)[C@@H]4O[C@H]4O[C@H](CO)[C@@H](O)[C@H](O)[C@@H]4O[C@H]4O[C@H](CO)[C@@H](O)[C@H](O)[C@@H]4O)[C@@H]3O)[C@H](O)[C@H]2NC(C)=O)[C@@H](CO)O[C@@H]1O. The Labute approximate surface area is 598 Å². The molecule has 9 aliphatic heterocycles. The van der Waals surface area contributed by atoms with Crippen molar-refractivity contribution in [2.45, 2.75) is 290 Å². The molecule has 0 bridgehead atoms. The molecule has 2 amide bonds. The van der Waals surface area contributed by atoms with Gasteiger partial charge in [-0.2, -0.15) is 0 Å². The van der Waals surface area contributed by atoms with Gasteiger partial charge in [-0.05, 0) is 0 Å². The lowest BCUT2D eigenvalue weighted by Crippen LogP contribution is -2.70. The first kappa shape index (κ1) is 87.2. The van der Waals surface area contributed by atoms with Crippen molar-refractivity contribution in [2.24, 2.45) is 0 Å².